The maximum absolute atomic E-state index is 13.8. The quantitative estimate of drug-likeness (QED) is 0.697. The second kappa shape index (κ2) is 9.50. The molecule has 0 bridgehead atoms. The van der Waals surface area contributed by atoms with E-state index in [9.17, 15) is 14.0 Å². The van der Waals surface area contributed by atoms with Crippen LogP contribution in [0, 0.1) is 17.2 Å². The van der Waals surface area contributed by atoms with Crippen LogP contribution in [0.4, 0.5) is 4.39 Å². The van der Waals surface area contributed by atoms with Crippen LogP contribution in [0.2, 0.25) is 0 Å². The number of halogens is 1. The summed E-state index contributed by atoms with van der Waals surface area (Å²) in [5.74, 6) is 0.697. The lowest BCUT2D eigenvalue weighted by Crippen LogP contribution is -2.51. The van der Waals surface area contributed by atoms with Gasteiger partial charge in [-0.15, -0.1) is 0 Å². The molecule has 2 amide bonds. The summed E-state index contributed by atoms with van der Waals surface area (Å²) in [5.41, 5.74) is 0.715. The fraction of sp³-hybridized carbons (Fsp3) is 0.692. The van der Waals surface area contributed by atoms with Crippen molar-refractivity contribution in [1.82, 2.24) is 14.7 Å². The number of hydrogen-bond donors (Lipinski definition) is 0. The Labute approximate surface area is 191 Å². The summed E-state index contributed by atoms with van der Waals surface area (Å²) >= 11 is 0. The highest BCUT2D eigenvalue weighted by molar-refractivity contribution is 5.85. The second-order valence-corrected chi connectivity index (χ2v) is 10.6. The van der Waals surface area contributed by atoms with Crippen LogP contribution >= 0.6 is 0 Å². The third-order valence-corrected chi connectivity index (χ3v) is 7.89. The van der Waals surface area contributed by atoms with Gasteiger partial charge >= 0.3 is 0 Å². The lowest BCUT2D eigenvalue weighted by atomic mass is 9.75. The zero-order valence-corrected chi connectivity index (χ0v) is 19.9. The molecule has 1 atom stereocenters. The van der Waals surface area contributed by atoms with Crippen molar-refractivity contribution in [2.75, 3.05) is 32.7 Å². The molecule has 0 N–H and O–H groups in total. The van der Waals surface area contributed by atoms with Crippen LogP contribution in [0.25, 0.3) is 0 Å². The standard InChI is InChI=1S/C26H38FN3O2/c1-19(2)18-30-24(16-21-5-4-6-22(27)15-21)17-26(25(30)32)9-13-29(14-10-26)23-7-11-28(12-8-23)20(3)31/h4-6,15,19,23-24H,7-14,16-18H2,1-3H3. The number of benzene rings is 1. The van der Waals surface area contributed by atoms with Gasteiger partial charge < -0.3 is 14.7 Å². The molecule has 3 heterocycles. The first-order chi connectivity index (χ1) is 15.3. The van der Waals surface area contributed by atoms with Gasteiger partial charge in [0.2, 0.25) is 11.8 Å². The monoisotopic (exact) mass is 443 g/mol. The van der Waals surface area contributed by atoms with Gasteiger partial charge in [0.15, 0.2) is 0 Å². The Hall–Kier alpha value is -1.95. The number of amides is 2. The van der Waals surface area contributed by atoms with E-state index in [2.05, 4.69) is 23.6 Å². The Kier molecular flexibility index (Phi) is 6.89. The Morgan fingerprint density at radius 3 is 2.44 bits per heavy atom. The van der Waals surface area contributed by atoms with Crippen LogP contribution in [0.1, 0.15) is 58.4 Å². The van der Waals surface area contributed by atoms with Crippen molar-refractivity contribution in [1.29, 1.82) is 0 Å². The molecule has 0 aliphatic carbocycles. The molecule has 5 nitrogen and oxygen atoms in total. The smallest absolute Gasteiger partial charge is 0.229 e. The Morgan fingerprint density at radius 2 is 1.84 bits per heavy atom. The molecule has 3 aliphatic rings. The average Bonchev–Trinajstić information content (AvgIpc) is 2.99. The predicted molar refractivity (Wildman–Crippen MR) is 124 cm³/mol. The van der Waals surface area contributed by atoms with Gasteiger partial charge in [-0.1, -0.05) is 26.0 Å². The van der Waals surface area contributed by atoms with Crippen molar-refractivity contribution in [3.8, 4) is 0 Å². The lowest BCUT2D eigenvalue weighted by molar-refractivity contribution is -0.140. The third-order valence-electron chi connectivity index (χ3n) is 7.89. The minimum atomic E-state index is -0.260. The number of nitrogens with zero attached hydrogens (tertiary/aromatic N) is 3. The van der Waals surface area contributed by atoms with Gasteiger partial charge in [0, 0.05) is 38.6 Å². The van der Waals surface area contributed by atoms with Gasteiger partial charge in [0.1, 0.15) is 5.82 Å². The molecule has 1 unspecified atom stereocenters. The van der Waals surface area contributed by atoms with E-state index in [1.54, 1.807) is 19.1 Å². The first-order valence-corrected chi connectivity index (χ1v) is 12.3. The van der Waals surface area contributed by atoms with Gasteiger partial charge in [-0.3, -0.25) is 9.59 Å². The largest absolute Gasteiger partial charge is 0.343 e. The van der Waals surface area contributed by atoms with Gasteiger partial charge in [-0.05, 0) is 75.2 Å². The Morgan fingerprint density at radius 1 is 1.16 bits per heavy atom. The van der Waals surface area contributed by atoms with E-state index >= 15 is 0 Å². The van der Waals surface area contributed by atoms with Crippen molar-refractivity contribution in [3.05, 3.63) is 35.6 Å². The van der Waals surface area contributed by atoms with Gasteiger partial charge in [0.25, 0.3) is 0 Å². The van der Waals surface area contributed by atoms with E-state index in [1.807, 2.05) is 11.0 Å². The summed E-state index contributed by atoms with van der Waals surface area (Å²) in [5, 5.41) is 0. The Bertz CT molecular complexity index is 826. The molecule has 3 saturated heterocycles. The molecule has 0 saturated carbocycles. The van der Waals surface area contributed by atoms with E-state index in [1.165, 1.54) is 6.07 Å². The van der Waals surface area contributed by atoms with Gasteiger partial charge in [-0.25, -0.2) is 4.39 Å². The summed E-state index contributed by atoms with van der Waals surface area (Å²) in [6.07, 6.45) is 5.49. The number of hydrogen-bond acceptors (Lipinski definition) is 3. The Balaban J connectivity index is 1.42. The molecule has 4 rings (SSSR count). The molecule has 3 fully saturated rings. The fourth-order valence-electron chi connectivity index (χ4n) is 6.14. The zero-order valence-electron chi connectivity index (χ0n) is 19.9. The molecule has 176 valence electrons. The molecular formula is C26H38FN3O2. The van der Waals surface area contributed by atoms with E-state index in [0.717, 1.165) is 76.8 Å². The highest BCUT2D eigenvalue weighted by Gasteiger charge is 2.52. The van der Waals surface area contributed by atoms with Crippen molar-refractivity contribution >= 4 is 11.8 Å². The summed E-state index contributed by atoms with van der Waals surface area (Å²) in [7, 11) is 0. The van der Waals surface area contributed by atoms with Crippen LogP contribution in [0.5, 0.6) is 0 Å². The minimum absolute atomic E-state index is 0.150. The first kappa shape index (κ1) is 23.2. The molecule has 0 radical (unpaired) electrons. The second-order valence-electron chi connectivity index (χ2n) is 10.6. The summed E-state index contributed by atoms with van der Waals surface area (Å²) in [4.78, 5) is 31.9. The van der Waals surface area contributed by atoms with Crippen molar-refractivity contribution in [3.63, 3.8) is 0 Å². The zero-order chi connectivity index (χ0) is 22.9. The van der Waals surface area contributed by atoms with E-state index in [4.69, 9.17) is 0 Å². The molecular weight excluding hydrogens is 405 g/mol. The van der Waals surface area contributed by atoms with Crippen LogP contribution < -0.4 is 0 Å². The van der Waals surface area contributed by atoms with Crippen molar-refractivity contribution in [2.45, 2.75) is 71.4 Å². The molecule has 32 heavy (non-hydrogen) atoms. The molecule has 1 aromatic rings. The third kappa shape index (κ3) is 4.85. The molecule has 0 aromatic heterocycles. The highest BCUT2D eigenvalue weighted by Crippen LogP contribution is 2.46. The minimum Gasteiger partial charge on any atom is -0.343 e. The average molecular weight is 444 g/mol. The summed E-state index contributed by atoms with van der Waals surface area (Å²) in [6, 6.07) is 7.50. The summed E-state index contributed by atoms with van der Waals surface area (Å²) < 4.78 is 13.8. The van der Waals surface area contributed by atoms with E-state index < -0.39 is 0 Å². The van der Waals surface area contributed by atoms with Gasteiger partial charge in [0.05, 0.1) is 5.41 Å². The number of piperidine rings is 2. The predicted octanol–water partition coefficient (Wildman–Crippen LogP) is 3.72. The fourth-order valence-corrected chi connectivity index (χ4v) is 6.14. The normalized spacial score (nSPS) is 24.7. The van der Waals surface area contributed by atoms with E-state index in [0.29, 0.717) is 17.9 Å². The molecule has 6 heteroatoms. The first-order valence-electron chi connectivity index (χ1n) is 12.3. The van der Waals surface area contributed by atoms with Crippen LogP contribution in [-0.4, -0.2) is 71.3 Å². The SMILES string of the molecule is CC(=O)N1CCC(N2CCC3(CC2)CC(Cc2cccc(F)c2)N(CC(C)C)C3=O)CC1. The van der Waals surface area contributed by atoms with Crippen LogP contribution in [-0.2, 0) is 16.0 Å². The topological polar surface area (TPSA) is 43.9 Å². The number of rotatable bonds is 5. The van der Waals surface area contributed by atoms with Gasteiger partial charge in [-0.2, -0.15) is 0 Å². The van der Waals surface area contributed by atoms with Crippen molar-refractivity contribution < 1.29 is 14.0 Å². The summed E-state index contributed by atoms with van der Waals surface area (Å²) in [6.45, 7) is 10.4. The van der Waals surface area contributed by atoms with Crippen molar-refractivity contribution in [2.24, 2.45) is 11.3 Å². The number of carbonyl (C=O) groups excluding carboxylic acids is 2. The molecule has 3 aliphatic heterocycles. The van der Waals surface area contributed by atoms with Crippen LogP contribution in [0.15, 0.2) is 24.3 Å². The molecule has 1 aromatic carbocycles. The lowest BCUT2D eigenvalue weighted by Gasteiger charge is -2.44. The van der Waals surface area contributed by atoms with Crippen LogP contribution in [0.3, 0.4) is 0 Å². The highest BCUT2D eigenvalue weighted by atomic mass is 19.1. The maximum Gasteiger partial charge on any atom is 0.229 e. The molecule has 1 spiro atoms. The van der Waals surface area contributed by atoms with E-state index in [-0.39, 0.29) is 23.2 Å². The number of carbonyl (C=O) groups is 2. The number of likely N-dealkylation sites (tertiary alicyclic amines) is 3. The maximum atomic E-state index is 13.8.